The average Bonchev–Trinajstić information content (AvgIpc) is 2.63. The van der Waals surface area contributed by atoms with E-state index in [4.69, 9.17) is 46.4 Å². The Morgan fingerprint density at radius 1 is 0.759 bits per heavy atom. The normalized spacial score (nSPS) is 13.8. The second-order valence-corrected chi connectivity index (χ2v) is 9.32. The molecule has 0 aliphatic carbocycles. The van der Waals surface area contributed by atoms with Gasteiger partial charge in [0.2, 0.25) is 0 Å². The van der Waals surface area contributed by atoms with E-state index in [1.807, 2.05) is 0 Å². The first kappa shape index (κ1) is 22.0. The maximum Gasteiger partial charge on any atom is 0.283 e. The van der Waals surface area contributed by atoms with Crippen molar-refractivity contribution >= 4 is 56.5 Å². The molecule has 0 saturated heterocycles. The zero-order valence-electron chi connectivity index (χ0n) is 14.3. The molecule has 0 bridgehead atoms. The summed E-state index contributed by atoms with van der Waals surface area (Å²) in [6, 6.07) is 12.5. The molecule has 152 valence electrons. The van der Waals surface area contributed by atoms with Gasteiger partial charge in [-0.15, -0.1) is 0 Å². The Balaban J connectivity index is 2.62. The molecule has 0 aromatic heterocycles. The summed E-state index contributed by atoms with van der Waals surface area (Å²) in [7, 11) is -5.06. The lowest BCUT2D eigenvalue weighted by Gasteiger charge is -2.33. The quantitative estimate of drug-likeness (QED) is 0.311. The molecule has 0 amide bonds. The summed E-state index contributed by atoms with van der Waals surface area (Å²) in [6.45, 7) is 0. The molecule has 1 unspecified atom stereocenters. The minimum absolute atomic E-state index is 0.0500. The van der Waals surface area contributed by atoms with Crippen molar-refractivity contribution in [1.82, 2.24) is 0 Å². The van der Waals surface area contributed by atoms with Gasteiger partial charge in [0.05, 0.1) is 5.02 Å². The van der Waals surface area contributed by atoms with Crippen molar-refractivity contribution in [3.05, 3.63) is 91.4 Å². The lowest BCUT2D eigenvalue weighted by atomic mass is 9.83. The van der Waals surface area contributed by atoms with Gasteiger partial charge >= 0.3 is 0 Å². The number of benzene rings is 3. The molecule has 0 aliphatic heterocycles. The van der Waals surface area contributed by atoms with Gasteiger partial charge in [-0.05, 0) is 35.4 Å². The molecule has 0 fully saturated rings. The van der Waals surface area contributed by atoms with Crippen molar-refractivity contribution in [3.8, 4) is 11.5 Å². The largest absolute Gasteiger partial charge is 0.506 e. The number of phenolic OH excluding ortho intramolecular Hbond substituents is 2. The van der Waals surface area contributed by atoms with E-state index in [0.717, 1.165) is 6.07 Å². The van der Waals surface area contributed by atoms with Crippen molar-refractivity contribution < 1.29 is 23.2 Å². The van der Waals surface area contributed by atoms with E-state index in [0.29, 0.717) is 0 Å². The molecular weight excluding hydrogens is 482 g/mol. The maximum atomic E-state index is 12.9. The van der Waals surface area contributed by atoms with E-state index >= 15 is 0 Å². The topological polar surface area (TPSA) is 94.8 Å². The minimum atomic E-state index is -5.06. The van der Waals surface area contributed by atoms with Gasteiger partial charge in [0.1, 0.15) is 10.8 Å². The van der Waals surface area contributed by atoms with Crippen LogP contribution in [0.3, 0.4) is 0 Å². The third-order valence-corrected chi connectivity index (χ3v) is 6.93. The first-order chi connectivity index (χ1) is 13.5. The van der Waals surface area contributed by atoms with Crippen molar-refractivity contribution in [1.29, 1.82) is 0 Å². The predicted molar refractivity (Wildman–Crippen MR) is 114 cm³/mol. The third-order valence-electron chi connectivity index (χ3n) is 4.38. The molecule has 0 saturated carbocycles. The number of hydrogen-bond acceptors (Lipinski definition) is 4. The van der Waals surface area contributed by atoms with Crippen LogP contribution >= 0.6 is 46.4 Å². The van der Waals surface area contributed by atoms with Gasteiger partial charge in [-0.25, -0.2) is 0 Å². The fraction of sp³-hybridized carbons (Fsp3) is 0.0526. The molecule has 3 aromatic rings. The Morgan fingerprint density at radius 2 is 1.31 bits per heavy atom. The van der Waals surface area contributed by atoms with Gasteiger partial charge in [-0.1, -0.05) is 76.7 Å². The molecule has 3 rings (SSSR count). The Hall–Kier alpha value is -1.67. The summed E-state index contributed by atoms with van der Waals surface area (Å²) in [5, 5.41) is 19.9. The molecule has 1 atom stereocenters. The first-order valence-corrected chi connectivity index (χ1v) is 10.8. The summed E-state index contributed by atoms with van der Waals surface area (Å²) in [6.07, 6.45) is 0. The Bertz CT molecular complexity index is 1180. The fourth-order valence-corrected chi connectivity index (χ4v) is 5.48. The highest BCUT2D eigenvalue weighted by molar-refractivity contribution is 7.87. The summed E-state index contributed by atoms with van der Waals surface area (Å²) >= 11 is 24.2. The monoisotopic (exact) mass is 492 g/mol. The van der Waals surface area contributed by atoms with Gasteiger partial charge in [-0.3, -0.25) is 4.55 Å². The lowest BCUT2D eigenvalue weighted by Crippen LogP contribution is -2.38. The molecule has 10 heteroatoms. The van der Waals surface area contributed by atoms with Gasteiger partial charge in [-0.2, -0.15) is 8.42 Å². The molecule has 3 N–H and O–H groups in total. The first-order valence-electron chi connectivity index (χ1n) is 7.89. The predicted octanol–water partition coefficient (Wildman–Crippen LogP) is 5.89. The van der Waals surface area contributed by atoms with Crippen LogP contribution in [-0.2, 0) is 14.9 Å². The van der Waals surface area contributed by atoms with Crippen LogP contribution in [0.1, 0.15) is 16.7 Å². The highest BCUT2D eigenvalue weighted by atomic mass is 35.5. The van der Waals surface area contributed by atoms with Crippen LogP contribution in [0.15, 0.2) is 54.6 Å². The number of hydrogen-bond donors (Lipinski definition) is 3. The molecule has 0 radical (unpaired) electrons. The summed E-state index contributed by atoms with van der Waals surface area (Å²) in [5.41, 5.74) is -0.414. The zero-order valence-corrected chi connectivity index (χ0v) is 18.1. The fourth-order valence-electron chi connectivity index (χ4n) is 3.21. The van der Waals surface area contributed by atoms with E-state index in [-0.39, 0.29) is 26.2 Å². The van der Waals surface area contributed by atoms with Crippen molar-refractivity contribution in [2.45, 2.75) is 4.75 Å². The van der Waals surface area contributed by atoms with Crippen LogP contribution in [0.5, 0.6) is 11.5 Å². The average molecular weight is 494 g/mol. The highest BCUT2D eigenvalue weighted by Crippen LogP contribution is 2.52. The Morgan fingerprint density at radius 3 is 1.83 bits per heavy atom. The van der Waals surface area contributed by atoms with Gasteiger partial charge in [0.25, 0.3) is 10.1 Å². The SMILES string of the molecule is O=S(=O)(O)C(c1ccccc1)(c1cc(Cl)cc(Cl)c1)c1cc(Cl)c(O)c(Cl)c1O. The van der Waals surface area contributed by atoms with Crippen molar-refractivity contribution in [2.75, 3.05) is 0 Å². The highest BCUT2D eigenvalue weighted by Gasteiger charge is 2.51. The van der Waals surface area contributed by atoms with E-state index in [2.05, 4.69) is 0 Å². The van der Waals surface area contributed by atoms with Crippen molar-refractivity contribution in [3.63, 3.8) is 0 Å². The van der Waals surface area contributed by atoms with Crippen LogP contribution < -0.4 is 0 Å². The van der Waals surface area contributed by atoms with Crippen LogP contribution in [0.25, 0.3) is 0 Å². The second-order valence-electron chi connectivity index (χ2n) is 6.10. The van der Waals surface area contributed by atoms with Crippen LogP contribution in [-0.4, -0.2) is 23.2 Å². The number of aromatic hydroxyl groups is 2. The van der Waals surface area contributed by atoms with Gasteiger partial charge in [0.15, 0.2) is 10.5 Å². The van der Waals surface area contributed by atoms with E-state index in [9.17, 15) is 23.2 Å². The Kier molecular flexibility index (Phi) is 5.98. The maximum absolute atomic E-state index is 12.9. The number of rotatable bonds is 4. The molecule has 3 aromatic carbocycles. The number of phenols is 2. The molecule has 29 heavy (non-hydrogen) atoms. The molecular formula is C19H12Cl4O5S. The van der Waals surface area contributed by atoms with Crippen LogP contribution in [0.4, 0.5) is 0 Å². The van der Waals surface area contributed by atoms with E-state index in [1.165, 1.54) is 30.3 Å². The van der Waals surface area contributed by atoms with Crippen LogP contribution in [0.2, 0.25) is 20.1 Å². The number of halogens is 4. The van der Waals surface area contributed by atoms with Crippen molar-refractivity contribution in [2.24, 2.45) is 0 Å². The smallest absolute Gasteiger partial charge is 0.283 e. The van der Waals surface area contributed by atoms with Gasteiger partial charge < -0.3 is 10.2 Å². The third kappa shape index (κ3) is 3.65. The minimum Gasteiger partial charge on any atom is -0.506 e. The summed E-state index contributed by atoms with van der Waals surface area (Å²) in [5.74, 6) is -1.43. The van der Waals surface area contributed by atoms with E-state index in [1.54, 1.807) is 18.2 Å². The second kappa shape index (κ2) is 7.87. The zero-order chi connectivity index (χ0) is 21.6. The molecule has 5 nitrogen and oxygen atoms in total. The molecule has 0 spiro atoms. The molecule has 0 aliphatic rings. The Labute approximate surface area is 186 Å². The summed E-state index contributed by atoms with van der Waals surface area (Å²) < 4.78 is 34.0. The standard InChI is InChI=1S/C19H12Cl4O5S/c20-12-6-11(7-13(21)8-12)19(29(26,27)28,10-4-2-1-3-5-10)14-9-15(22)18(25)16(23)17(14)24/h1-9,24-25H,(H,26,27,28). The molecule has 0 heterocycles. The van der Waals surface area contributed by atoms with E-state index < -0.39 is 37.0 Å². The van der Waals surface area contributed by atoms with Gasteiger partial charge in [0, 0.05) is 15.6 Å². The lowest BCUT2D eigenvalue weighted by molar-refractivity contribution is 0.431. The summed E-state index contributed by atoms with van der Waals surface area (Å²) in [4.78, 5) is 0. The van der Waals surface area contributed by atoms with Crippen LogP contribution in [0, 0.1) is 0 Å².